The van der Waals surface area contributed by atoms with E-state index in [1.807, 2.05) is 19.1 Å². The monoisotopic (exact) mass is 357 g/mol. The lowest BCUT2D eigenvalue weighted by molar-refractivity contribution is 0.476. The molecule has 2 aromatic carbocycles. The van der Waals surface area contributed by atoms with Gasteiger partial charge in [0.05, 0.1) is 9.50 Å². The van der Waals surface area contributed by atoms with Crippen LogP contribution in [0.4, 0.5) is 4.39 Å². The smallest absolute Gasteiger partial charge is 0.146 e. The second-order valence-corrected chi connectivity index (χ2v) is 5.89. The van der Waals surface area contributed by atoms with E-state index in [2.05, 4.69) is 15.9 Å². The highest BCUT2D eigenvalue weighted by Gasteiger charge is 2.08. The van der Waals surface area contributed by atoms with E-state index in [1.165, 1.54) is 6.07 Å². The Morgan fingerprint density at radius 3 is 2.65 bits per heavy atom. The maximum atomic E-state index is 13.4. The van der Waals surface area contributed by atoms with Gasteiger partial charge in [-0.05, 0) is 59.1 Å². The van der Waals surface area contributed by atoms with Crippen molar-refractivity contribution in [3.05, 3.63) is 57.3 Å². The van der Waals surface area contributed by atoms with Crippen molar-refractivity contribution in [2.45, 2.75) is 19.4 Å². The molecule has 20 heavy (non-hydrogen) atoms. The summed E-state index contributed by atoms with van der Waals surface area (Å²) in [5.74, 6) is 0.501. The summed E-state index contributed by atoms with van der Waals surface area (Å²) < 4.78 is 19.4. The van der Waals surface area contributed by atoms with E-state index in [4.69, 9.17) is 22.1 Å². The molecule has 0 aliphatic heterocycles. The maximum absolute atomic E-state index is 13.4. The molecule has 0 fully saturated rings. The summed E-state index contributed by atoms with van der Waals surface area (Å²) in [6.07, 6.45) is 0.743. The molecule has 1 unspecified atom stereocenters. The van der Waals surface area contributed by atoms with E-state index in [9.17, 15) is 4.39 Å². The minimum Gasteiger partial charge on any atom is -0.456 e. The van der Waals surface area contributed by atoms with Gasteiger partial charge < -0.3 is 10.5 Å². The van der Waals surface area contributed by atoms with Crippen LogP contribution in [0.1, 0.15) is 12.5 Å². The van der Waals surface area contributed by atoms with Crippen LogP contribution in [0.25, 0.3) is 0 Å². The van der Waals surface area contributed by atoms with E-state index in [0.29, 0.717) is 21.0 Å². The van der Waals surface area contributed by atoms with Crippen molar-refractivity contribution in [3.8, 4) is 11.5 Å². The minimum atomic E-state index is -0.382. The van der Waals surface area contributed by atoms with Gasteiger partial charge in [0.15, 0.2) is 0 Å². The van der Waals surface area contributed by atoms with Crippen LogP contribution < -0.4 is 10.5 Å². The Morgan fingerprint density at radius 1 is 1.30 bits per heavy atom. The summed E-state index contributed by atoms with van der Waals surface area (Å²) in [7, 11) is 0. The molecule has 1 atom stereocenters. The first kappa shape index (κ1) is 15.3. The molecule has 0 radical (unpaired) electrons. The molecule has 0 aliphatic rings. The Hall–Kier alpha value is -1.10. The Bertz CT molecular complexity index is 619. The van der Waals surface area contributed by atoms with Crippen LogP contribution in [0, 0.1) is 5.82 Å². The first-order valence-corrected chi connectivity index (χ1v) is 7.29. The summed E-state index contributed by atoms with van der Waals surface area (Å²) >= 11 is 9.26. The predicted molar refractivity (Wildman–Crippen MR) is 83.0 cm³/mol. The van der Waals surface area contributed by atoms with Gasteiger partial charge in [-0.2, -0.15) is 0 Å². The van der Waals surface area contributed by atoms with Crippen molar-refractivity contribution in [2.24, 2.45) is 5.73 Å². The lowest BCUT2D eigenvalue weighted by atomic mass is 10.1. The normalized spacial score (nSPS) is 12.2. The number of hydrogen-bond donors (Lipinski definition) is 1. The van der Waals surface area contributed by atoms with Crippen molar-refractivity contribution in [1.29, 1.82) is 0 Å². The average molecular weight is 359 g/mol. The fraction of sp³-hybridized carbons (Fsp3) is 0.200. The maximum Gasteiger partial charge on any atom is 0.146 e. The second-order valence-electron chi connectivity index (χ2n) is 4.62. The van der Waals surface area contributed by atoms with Crippen molar-refractivity contribution >= 4 is 27.5 Å². The Kier molecular flexibility index (Phi) is 5.02. The lowest BCUT2D eigenvalue weighted by Gasteiger charge is -2.11. The quantitative estimate of drug-likeness (QED) is 0.841. The van der Waals surface area contributed by atoms with Crippen LogP contribution >= 0.6 is 27.5 Å². The van der Waals surface area contributed by atoms with Gasteiger partial charge in [-0.25, -0.2) is 4.39 Å². The molecule has 0 heterocycles. The SMILES string of the molecule is CC(N)Cc1ccc(Oc2ccc(Br)c(F)c2)c(Cl)c1. The number of hydrogen-bond acceptors (Lipinski definition) is 2. The number of ether oxygens (including phenoxy) is 1. The van der Waals surface area contributed by atoms with E-state index in [-0.39, 0.29) is 11.9 Å². The van der Waals surface area contributed by atoms with Crippen molar-refractivity contribution in [3.63, 3.8) is 0 Å². The Morgan fingerprint density at radius 2 is 2.05 bits per heavy atom. The fourth-order valence-corrected chi connectivity index (χ4v) is 2.28. The predicted octanol–water partition coefficient (Wildman–Crippen LogP) is 4.92. The standard InChI is InChI=1S/C15H14BrClFNO/c1-9(19)6-10-2-5-15(13(17)7-10)20-11-3-4-12(16)14(18)8-11/h2-5,7-9H,6,19H2,1H3. The third-order valence-corrected chi connectivity index (χ3v) is 3.61. The van der Waals surface area contributed by atoms with Crippen LogP contribution in [-0.2, 0) is 6.42 Å². The van der Waals surface area contributed by atoms with E-state index >= 15 is 0 Å². The summed E-state index contributed by atoms with van der Waals surface area (Å²) in [6.45, 7) is 1.93. The molecule has 0 saturated heterocycles. The molecule has 2 rings (SSSR count). The molecular formula is C15H14BrClFNO. The molecule has 2 N–H and O–H groups in total. The topological polar surface area (TPSA) is 35.2 Å². The molecular weight excluding hydrogens is 345 g/mol. The van der Waals surface area contributed by atoms with Crippen LogP contribution in [-0.4, -0.2) is 6.04 Å². The molecule has 0 aliphatic carbocycles. The van der Waals surface area contributed by atoms with Gasteiger partial charge in [-0.1, -0.05) is 17.7 Å². The van der Waals surface area contributed by atoms with E-state index in [0.717, 1.165) is 12.0 Å². The van der Waals surface area contributed by atoms with Gasteiger partial charge in [-0.3, -0.25) is 0 Å². The zero-order chi connectivity index (χ0) is 14.7. The highest BCUT2D eigenvalue weighted by molar-refractivity contribution is 9.10. The second kappa shape index (κ2) is 6.57. The first-order chi connectivity index (χ1) is 9.45. The van der Waals surface area contributed by atoms with E-state index in [1.54, 1.807) is 18.2 Å². The number of nitrogens with two attached hydrogens (primary N) is 1. The van der Waals surface area contributed by atoms with Gasteiger partial charge in [0.1, 0.15) is 17.3 Å². The molecule has 0 aromatic heterocycles. The largest absolute Gasteiger partial charge is 0.456 e. The van der Waals surface area contributed by atoms with Crippen molar-refractivity contribution in [2.75, 3.05) is 0 Å². The minimum absolute atomic E-state index is 0.0680. The average Bonchev–Trinajstić information content (AvgIpc) is 2.36. The summed E-state index contributed by atoms with van der Waals surface area (Å²) in [5, 5.41) is 0.478. The van der Waals surface area contributed by atoms with E-state index < -0.39 is 0 Å². The lowest BCUT2D eigenvalue weighted by Crippen LogP contribution is -2.17. The van der Waals surface area contributed by atoms with Crippen LogP contribution in [0.3, 0.4) is 0 Å². The Labute approximate surface area is 130 Å². The molecule has 106 valence electrons. The van der Waals surface area contributed by atoms with Gasteiger partial charge in [0, 0.05) is 12.1 Å². The Balaban J connectivity index is 2.19. The molecule has 5 heteroatoms. The van der Waals surface area contributed by atoms with Gasteiger partial charge in [0.25, 0.3) is 0 Å². The molecule has 2 nitrogen and oxygen atoms in total. The molecule has 0 spiro atoms. The number of benzene rings is 2. The van der Waals surface area contributed by atoms with Gasteiger partial charge in [-0.15, -0.1) is 0 Å². The third kappa shape index (κ3) is 3.95. The summed E-state index contributed by atoms with van der Waals surface area (Å²) in [4.78, 5) is 0. The third-order valence-electron chi connectivity index (χ3n) is 2.67. The summed E-state index contributed by atoms with van der Waals surface area (Å²) in [6, 6.07) is 10.1. The fourth-order valence-electron chi connectivity index (χ4n) is 1.79. The molecule has 2 aromatic rings. The van der Waals surface area contributed by atoms with Crippen LogP contribution in [0.15, 0.2) is 40.9 Å². The summed E-state index contributed by atoms with van der Waals surface area (Å²) in [5.41, 5.74) is 6.79. The van der Waals surface area contributed by atoms with Crippen LogP contribution in [0.2, 0.25) is 5.02 Å². The highest BCUT2D eigenvalue weighted by atomic mass is 79.9. The van der Waals surface area contributed by atoms with Crippen molar-refractivity contribution < 1.29 is 9.13 Å². The van der Waals surface area contributed by atoms with Crippen LogP contribution in [0.5, 0.6) is 11.5 Å². The van der Waals surface area contributed by atoms with Gasteiger partial charge >= 0.3 is 0 Å². The molecule has 0 amide bonds. The highest BCUT2D eigenvalue weighted by Crippen LogP contribution is 2.31. The molecule has 0 saturated carbocycles. The number of rotatable bonds is 4. The zero-order valence-corrected chi connectivity index (χ0v) is 13.2. The zero-order valence-electron chi connectivity index (χ0n) is 10.9. The van der Waals surface area contributed by atoms with Crippen molar-refractivity contribution in [1.82, 2.24) is 0 Å². The number of halogens is 3. The first-order valence-electron chi connectivity index (χ1n) is 6.12. The van der Waals surface area contributed by atoms with Gasteiger partial charge in [0.2, 0.25) is 0 Å². The molecule has 0 bridgehead atoms.